The third-order valence-corrected chi connectivity index (χ3v) is 4.29. The van der Waals surface area contributed by atoms with Gasteiger partial charge in [-0.25, -0.2) is 0 Å². The molecule has 0 aromatic carbocycles. The lowest BCUT2D eigenvalue weighted by atomic mass is 9.72. The van der Waals surface area contributed by atoms with Gasteiger partial charge in [0.25, 0.3) is 0 Å². The van der Waals surface area contributed by atoms with Gasteiger partial charge >= 0.3 is 0 Å². The minimum Gasteiger partial charge on any atom is -0.469 e. The molecular formula is C14H19N3O2. The van der Waals surface area contributed by atoms with Crippen LogP contribution in [0.5, 0.6) is 0 Å². The van der Waals surface area contributed by atoms with Crippen molar-refractivity contribution in [1.82, 2.24) is 10.1 Å². The molecule has 3 rings (SSSR count). The molecule has 1 fully saturated rings. The number of aryl methyl sites for hydroxylation is 1. The van der Waals surface area contributed by atoms with Crippen molar-refractivity contribution in [1.29, 1.82) is 0 Å². The van der Waals surface area contributed by atoms with Crippen molar-refractivity contribution >= 4 is 0 Å². The number of hydrogen-bond donors (Lipinski definition) is 1. The standard InChI is InChI=1S/C14H19N3O2/c1-9-10(6-8-18-9)12-16-13(19-17-12)14(2)7-4-3-5-11(14)15/h6,8,11H,3-5,7,15H2,1-2H3. The van der Waals surface area contributed by atoms with E-state index in [9.17, 15) is 0 Å². The third-order valence-electron chi connectivity index (χ3n) is 4.29. The van der Waals surface area contributed by atoms with Crippen molar-refractivity contribution < 1.29 is 8.94 Å². The Bertz CT molecular complexity index is 575. The summed E-state index contributed by atoms with van der Waals surface area (Å²) in [5, 5.41) is 4.07. The van der Waals surface area contributed by atoms with Gasteiger partial charge < -0.3 is 14.7 Å². The molecule has 1 aliphatic rings. The van der Waals surface area contributed by atoms with Gasteiger partial charge in [0.1, 0.15) is 5.76 Å². The highest BCUT2D eigenvalue weighted by atomic mass is 16.5. The summed E-state index contributed by atoms with van der Waals surface area (Å²) in [6, 6.07) is 1.94. The lowest BCUT2D eigenvalue weighted by molar-refractivity contribution is 0.203. The second-order valence-electron chi connectivity index (χ2n) is 5.58. The predicted octanol–water partition coefficient (Wildman–Crippen LogP) is 2.80. The molecule has 5 nitrogen and oxygen atoms in total. The summed E-state index contributed by atoms with van der Waals surface area (Å²) in [4.78, 5) is 4.54. The van der Waals surface area contributed by atoms with Crippen LogP contribution in [0.1, 0.15) is 44.3 Å². The average molecular weight is 261 g/mol. The van der Waals surface area contributed by atoms with Crippen molar-refractivity contribution in [2.24, 2.45) is 5.73 Å². The highest BCUT2D eigenvalue weighted by Gasteiger charge is 2.40. The Morgan fingerprint density at radius 2 is 2.26 bits per heavy atom. The van der Waals surface area contributed by atoms with E-state index in [0.717, 1.165) is 30.6 Å². The molecule has 19 heavy (non-hydrogen) atoms. The van der Waals surface area contributed by atoms with Crippen LogP contribution in [0.2, 0.25) is 0 Å². The number of rotatable bonds is 2. The second-order valence-corrected chi connectivity index (χ2v) is 5.58. The van der Waals surface area contributed by atoms with Crippen molar-refractivity contribution in [3.05, 3.63) is 24.0 Å². The van der Waals surface area contributed by atoms with Crippen LogP contribution in [0.3, 0.4) is 0 Å². The van der Waals surface area contributed by atoms with E-state index in [1.165, 1.54) is 6.42 Å². The van der Waals surface area contributed by atoms with E-state index in [2.05, 4.69) is 17.1 Å². The van der Waals surface area contributed by atoms with Gasteiger partial charge in [0, 0.05) is 6.04 Å². The van der Waals surface area contributed by atoms with Gasteiger partial charge in [-0.2, -0.15) is 4.98 Å². The Morgan fingerprint density at radius 3 is 2.95 bits per heavy atom. The molecule has 1 aliphatic carbocycles. The summed E-state index contributed by atoms with van der Waals surface area (Å²) in [7, 11) is 0. The molecule has 1 saturated carbocycles. The second kappa shape index (κ2) is 4.49. The molecule has 2 heterocycles. The lowest BCUT2D eigenvalue weighted by Gasteiger charge is -2.35. The Hall–Kier alpha value is -1.62. The van der Waals surface area contributed by atoms with E-state index in [1.54, 1.807) is 6.26 Å². The number of nitrogens with zero attached hydrogens (tertiary/aromatic N) is 2. The third kappa shape index (κ3) is 1.98. The molecule has 0 radical (unpaired) electrons. The largest absolute Gasteiger partial charge is 0.469 e. The van der Waals surface area contributed by atoms with Gasteiger partial charge in [0.05, 0.1) is 17.2 Å². The van der Waals surface area contributed by atoms with Crippen LogP contribution in [0.25, 0.3) is 11.4 Å². The molecular weight excluding hydrogens is 242 g/mol. The molecule has 5 heteroatoms. The fourth-order valence-corrected chi connectivity index (χ4v) is 2.81. The van der Waals surface area contributed by atoms with Crippen molar-refractivity contribution in [3.63, 3.8) is 0 Å². The average Bonchev–Trinajstić information content (AvgIpc) is 3.01. The maximum Gasteiger partial charge on any atom is 0.234 e. The van der Waals surface area contributed by atoms with Gasteiger partial charge in [-0.1, -0.05) is 18.0 Å². The maximum absolute atomic E-state index is 6.26. The highest BCUT2D eigenvalue weighted by Crippen LogP contribution is 2.38. The summed E-state index contributed by atoms with van der Waals surface area (Å²) in [5.41, 5.74) is 6.93. The molecule has 0 aliphatic heterocycles. The molecule has 2 atom stereocenters. The molecule has 2 unspecified atom stereocenters. The Balaban J connectivity index is 1.95. The van der Waals surface area contributed by atoms with Gasteiger partial charge in [0.2, 0.25) is 11.7 Å². The molecule has 0 bridgehead atoms. The maximum atomic E-state index is 6.26. The van der Waals surface area contributed by atoms with Crippen LogP contribution in [-0.2, 0) is 5.41 Å². The highest BCUT2D eigenvalue weighted by molar-refractivity contribution is 5.56. The Labute approximate surface area is 112 Å². The first-order valence-corrected chi connectivity index (χ1v) is 6.75. The fraction of sp³-hybridized carbons (Fsp3) is 0.571. The van der Waals surface area contributed by atoms with Crippen LogP contribution in [0.15, 0.2) is 21.3 Å². The molecule has 0 spiro atoms. The minimum atomic E-state index is -0.207. The van der Waals surface area contributed by atoms with Gasteiger partial charge in [-0.15, -0.1) is 0 Å². The number of aromatic nitrogens is 2. The zero-order chi connectivity index (χ0) is 13.5. The SMILES string of the molecule is Cc1occc1-c1noc(C2(C)CCCCC2N)n1. The quantitative estimate of drug-likeness (QED) is 0.899. The minimum absolute atomic E-state index is 0.0833. The van der Waals surface area contributed by atoms with Gasteiger partial charge in [-0.05, 0) is 32.8 Å². The molecule has 0 saturated heterocycles. The van der Waals surface area contributed by atoms with Crippen molar-refractivity contribution in [2.75, 3.05) is 0 Å². The Kier molecular flexibility index (Phi) is 2.93. The topological polar surface area (TPSA) is 78.1 Å². The van der Waals surface area contributed by atoms with E-state index in [4.69, 9.17) is 14.7 Å². The zero-order valence-electron chi connectivity index (χ0n) is 11.3. The number of nitrogens with two attached hydrogens (primary N) is 1. The number of furan rings is 1. The first-order chi connectivity index (χ1) is 9.11. The molecule has 0 amide bonds. The van der Waals surface area contributed by atoms with Gasteiger partial charge in [0.15, 0.2) is 0 Å². The van der Waals surface area contributed by atoms with E-state index in [1.807, 2.05) is 13.0 Å². The summed E-state index contributed by atoms with van der Waals surface area (Å²) in [5.74, 6) is 2.03. The Morgan fingerprint density at radius 1 is 1.42 bits per heavy atom. The van der Waals surface area contributed by atoms with Crippen LogP contribution in [-0.4, -0.2) is 16.2 Å². The zero-order valence-corrected chi connectivity index (χ0v) is 11.3. The fourth-order valence-electron chi connectivity index (χ4n) is 2.81. The van der Waals surface area contributed by atoms with E-state index in [-0.39, 0.29) is 11.5 Å². The van der Waals surface area contributed by atoms with Crippen LogP contribution in [0.4, 0.5) is 0 Å². The molecule has 2 N–H and O–H groups in total. The summed E-state index contributed by atoms with van der Waals surface area (Å²) in [6.45, 7) is 4.01. The lowest BCUT2D eigenvalue weighted by Crippen LogP contribution is -2.45. The van der Waals surface area contributed by atoms with E-state index >= 15 is 0 Å². The van der Waals surface area contributed by atoms with E-state index in [0.29, 0.717) is 11.7 Å². The monoisotopic (exact) mass is 261 g/mol. The molecule has 2 aromatic heterocycles. The molecule has 2 aromatic rings. The van der Waals surface area contributed by atoms with Gasteiger partial charge in [-0.3, -0.25) is 0 Å². The summed E-state index contributed by atoms with van der Waals surface area (Å²) in [6.07, 6.45) is 5.99. The van der Waals surface area contributed by atoms with E-state index < -0.39 is 0 Å². The summed E-state index contributed by atoms with van der Waals surface area (Å²) < 4.78 is 10.7. The first-order valence-electron chi connectivity index (χ1n) is 6.75. The van der Waals surface area contributed by atoms with Crippen molar-refractivity contribution in [2.45, 2.75) is 51.0 Å². The van der Waals surface area contributed by atoms with Crippen LogP contribution >= 0.6 is 0 Å². The van der Waals surface area contributed by atoms with Crippen LogP contribution in [0, 0.1) is 6.92 Å². The predicted molar refractivity (Wildman–Crippen MR) is 70.5 cm³/mol. The first kappa shape index (κ1) is 12.4. The number of hydrogen-bond acceptors (Lipinski definition) is 5. The van der Waals surface area contributed by atoms with Crippen LogP contribution < -0.4 is 5.73 Å². The summed E-state index contributed by atoms with van der Waals surface area (Å²) >= 11 is 0. The normalized spacial score (nSPS) is 27.6. The smallest absolute Gasteiger partial charge is 0.234 e. The van der Waals surface area contributed by atoms with Crippen molar-refractivity contribution in [3.8, 4) is 11.4 Å². The molecule has 102 valence electrons.